The van der Waals surface area contributed by atoms with E-state index in [-0.39, 0.29) is 22.7 Å². The Balaban J connectivity index is 2.23. The van der Waals surface area contributed by atoms with Crippen molar-refractivity contribution >= 4 is 21.8 Å². The lowest BCUT2D eigenvalue weighted by atomic mass is 10.2. The topological polar surface area (TPSA) is 102 Å². The SMILES string of the molecule is CCC(=O)Nc1nnc(-c2ccc(S(=O)(=O)C(C)C)cc2)o1. The van der Waals surface area contributed by atoms with E-state index in [9.17, 15) is 13.2 Å². The first-order valence-electron chi connectivity index (χ1n) is 6.82. The number of nitrogens with zero attached hydrogens (tertiary/aromatic N) is 2. The van der Waals surface area contributed by atoms with E-state index in [0.717, 1.165) is 0 Å². The molecule has 2 rings (SSSR count). The van der Waals surface area contributed by atoms with Gasteiger partial charge in [-0.1, -0.05) is 12.0 Å². The average Bonchev–Trinajstić information content (AvgIpc) is 2.95. The van der Waals surface area contributed by atoms with Crippen LogP contribution >= 0.6 is 0 Å². The zero-order valence-corrected chi connectivity index (χ0v) is 13.3. The second-order valence-electron chi connectivity index (χ2n) is 4.93. The van der Waals surface area contributed by atoms with Gasteiger partial charge in [0.25, 0.3) is 0 Å². The van der Waals surface area contributed by atoms with Crippen molar-refractivity contribution in [1.29, 1.82) is 0 Å². The number of aromatic nitrogens is 2. The van der Waals surface area contributed by atoms with Gasteiger partial charge in [-0.05, 0) is 38.1 Å². The number of hydrogen-bond acceptors (Lipinski definition) is 6. The van der Waals surface area contributed by atoms with E-state index >= 15 is 0 Å². The maximum absolute atomic E-state index is 12.0. The minimum atomic E-state index is -3.31. The molecule has 0 unspecified atom stereocenters. The summed E-state index contributed by atoms with van der Waals surface area (Å²) in [6.07, 6.45) is 0.305. The number of sulfone groups is 1. The molecule has 0 saturated heterocycles. The molecule has 1 amide bonds. The van der Waals surface area contributed by atoms with E-state index in [0.29, 0.717) is 12.0 Å². The molecule has 22 heavy (non-hydrogen) atoms. The molecule has 1 aromatic heterocycles. The summed E-state index contributed by atoms with van der Waals surface area (Å²) in [4.78, 5) is 11.5. The lowest BCUT2D eigenvalue weighted by Gasteiger charge is -2.07. The van der Waals surface area contributed by atoms with Crippen LogP contribution in [-0.4, -0.2) is 29.8 Å². The fraction of sp³-hybridized carbons (Fsp3) is 0.357. The lowest BCUT2D eigenvalue weighted by Crippen LogP contribution is -2.13. The summed E-state index contributed by atoms with van der Waals surface area (Å²) in [6, 6.07) is 6.20. The Labute approximate surface area is 128 Å². The fourth-order valence-corrected chi connectivity index (χ4v) is 2.72. The summed E-state index contributed by atoms with van der Waals surface area (Å²) < 4.78 is 29.4. The van der Waals surface area contributed by atoms with Gasteiger partial charge in [-0.25, -0.2) is 8.42 Å². The van der Waals surface area contributed by atoms with Crippen LogP contribution in [0.1, 0.15) is 27.2 Å². The quantitative estimate of drug-likeness (QED) is 0.905. The zero-order valence-electron chi connectivity index (χ0n) is 12.5. The number of benzene rings is 1. The van der Waals surface area contributed by atoms with Gasteiger partial charge in [0.2, 0.25) is 11.8 Å². The van der Waals surface area contributed by atoms with Crippen molar-refractivity contribution < 1.29 is 17.6 Å². The maximum atomic E-state index is 12.0. The molecule has 0 bridgehead atoms. The molecule has 0 aliphatic carbocycles. The number of anilines is 1. The van der Waals surface area contributed by atoms with Crippen molar-refractivity contribution in [2.24, 2.45) is 0 Å². The van der Waals surface area contributed by atoms with Gasteiger partial charge in [-0.2, -0.15) is 0 Å². The van der Waals surface area contributed by atoms with Crippen molar-refractivity contribution in [2.45, 2.75) is 37.3 Å². The summed E-state index contributed by atoms with van der Waals surface area (Å²) in [5.74, 6) is -0.0199. The number of nitrogens with one attached hydrogen (secondary N) is 1. The van der Waals surface area contributed by atoms with E-state index < -0.39 is 15.1 Å². The predicted molar refractivity (Wildman–Crippen MR) is 81.0 cm³/mol. The Kier molecular flexibility index (Phi) is 4.60. The molecule has 0 fully saturated rings. The highest BCUT2D eigenvalue weighted by molar-refractivity contribution is 7.92. The molecule has 1 N–H and O–H groups in total. The van der Waals surface area contributed by atoms with Gasteiger partial charge < -0.3 is 4.42 Å². The van der Waals surface area contributed by atoms with Crippen LogP contribution in [0.5, 0.6) is 0 Å². The molecule has 8 heteroatoms. The average molecular weight is 323 g/mol. The molecule has 0 atom stereocenters. The predicted octanol–water partition coefficient (Wildman–Crippen LogP) is 2.27. The van der Waals surface area contributed by atoms with Crippen LogP contribution in [0.4, 0.5) is 6.01 Å². The molecule has 1 heterocycles. The van der Waals surface area contributed by atoms with Crippen LogP contribution in [0.25, 0.3) is 11.5 Å². The molecule has 0 aliphatic heterocycles. The van der Waals surface area contributed by atoms with E-state index in [1.54, 1.807) is 32.9 Å². The minimum absolute atomic E-state index is 0.0146. The molecule has 2 aromatic rings. The van der Waals surface area contributed by atoms with Crippen molar-refractivity contribution in [2.75, 3.05) is 5.32 Å². The van der Waals surface area contributed by atoms with Gasteiger partial charge in [0, 0.05) is 12.0 Å². The van der Waals surface area contributed by atoms with Crippen molar-refractivity contribution in [1.82, 2.24) is 10.2 Å². The Morgan fingerprint density at radius 3 is 2.41 bits per heavy atom. The number of hydrogen-bond donors (Lipinski definition) is 1. The van der Waals surface area contributed by atoms with E-state index in [1.165, 1.54) is 12.1 Å². The third-order valence-electron chi connectivity index (χ3n) is 3.04. The normalized spacial score (nSPS) is 11.6. The molecule has 1 aromatic carbocycles. The molecule has 7 nitrogen and oxygen atoms in total. The highest BCUT2D eigenvalue weighted by atomic mass is 32.2. The van der Waals surface area contributed by atoms with Gasteiger partial charge in [0.1, 0.15) is 0 Å². The molecule has 0 radical (unpaired) electrons. The Bertz CT molecular complexity index is 764. The Morgan fingerprint density at radius 1 is 1.23 bits per heavy atom. The number of carbonyl (C=O) groups excluding carboxylic acids is 1. The van der Waals surface area contributed by atoms with Gasteiger partial charge >= 0.3 is 6.01 Å². The molecule has 0 aliphatic rings. The fourth-order valence-electron chi connectivity index (χ4n) is 1.66. The first kappa shape index (κ1) is 16.2. The third-order valence-corrected chi connectivity index (χ3v) is 5.21. The Hall–Kier alpha value is -2.22. The van der Waals surface area contributed by atoms with Gasteiger partial charge in [-0.15, -0.1) is 5.10 Å². The lowest BCUT2D eigenvalue weighted by molar-refractivity contribution is -0.116. The van der Waals surface area contributed by atoms with Crippen LogP contribution in [0.15, 0.2) is 33.6 Å². The largest absolute Gasteiger partial charge is 0.403 e. The molecule has 0 saturated carbocycles. The zero-order chi connectivity index (χ0) is 16.3. The standard InChI is InChI=1S/C14H17N3O4S/c1-4-12(18)15-14-17-16-13(21-14)10-5-7-11(8-6-10)22(19,20)9(2)3/h5-9H,4H2,1-3H3,(H,15,17,18). The second-order valence-corrected chi connectivity index (χ2v) is 7.44. The Morgan fingerprint density at radius 2 is 1.86 bits per heavy atom. The van der Waals surface area contributed by atoms with Crippen LogP contribution in [0.2, 0.25) is 0 Å². The monoisotopic (exact) mass is 323 g/mol. The van der Waals surface area contributed by atoms with Crippen LogP contribution in [0, 0.1) is 0 Å². The molecular weight excluding hydrogens is 306 g/mol. The smallest absolute Gasteiger partial charge is 0.322 e. The molecule has 0 spiro atoms. The van der Waals surface area contributed by atoms with E-state index in [4.69, 9.17) is 4.42 Å². The van der Waals surface area contributed by atoms with Crippen molar-refractivity contribution in [3.05, 3.63) is 24.3 Å². The van der Waals surface area contributed by atoms with Crippen molar-refractivity contribution in [3.63, 3.8) is 0 Å². The van der Waals surface area contributed by atoms with Crippen molar-refractivity contribution in [3.8, 4) is 11.5 Å². The minimum Gasteiger partial charge on any atom is -0.403 e. The highest BCUT2D eigenvalue weighted by Gasteiger charge is 2.19. The first-order chi connectivity index (χ1) is 10.3. The molecule has 118 valence electrons. The summed E-state index contributed by atoms with van der Waals surface area (Å²) in [5.41, 5.74) is 0.576. The van der Waals surface area contributed by atoms with Gasteiger partial charge in [0.15, 0.2) is 9.84 Å². The van der Waals surface area contributed by atoms with Crippen LogP contribution < -0.4 is 5.32 Å². The summed E-state index contributed by atoms with van der Waals surface area (Å²) >= 11 is 0. The number of rotatable bonds is 5. The second kappa shape index (κ2) is 6.27. The van der Waals surface area contributed by atoms with Crippen LogP contribution in [0.3, 0.4) is 0 Å². The first-order valence-corrected chi connectivity index (χ1v) is 8.37. The molecular formula is C14H17N3O4S. The summed E-state index contributed by atoms with van der Waals surface area (Å²) in [6.45, 7) is 4.97. The van der Waals surface area contributed by atoms with Gasteiger partial charge in [0.05, 0.1) is 10.1 Å². The summed E-state index contributed by atoms with van der Waals surface area (Å²) in [7, 11) is -3.31. The number of amides is 1. The van der Waals surface area contributed by atoms with Gasteiger partial charge in [-0.3, -0.25) is 10.1 Å². The van der Waals surface area contributed by atoms with E-state index in [2.05, 4.69) is 15.5 Å². The van der Waals surface area contributed by atoms with E-state index in [1.807, 2.05) is 0 Å². The highest BCUT2D eigenvalue weighted by Crippen LogP contribution is 2.23. The summed E-state index contributed by atoms with van der Waals surface area (Å²) in [5, 5.41) is 9.50. The number of carbonyl (C=O) groups is 1. The third kappa shape index (κ3) is 3.33. The maximum Gasteiger partial charge on any atom is 0.322 e. The van der Waals surface area contributed by atoms with Crippen LogP contribution in [-0.2, 0) is 14.6 Å².